The summed E-state index contributed by atoms with van der Waals surface area (Å²) in [4.78, 5) is 30.9. The van der Waals surface area contributed by atoms with Crippen molar-refractivity contribution in [2.24, 2.45) is 0 Å². The largest absolute Gasteiger partial charge is 0.502 e. The smallest absolute Gasteiger partial charge is 0.310 e. The van der Waals surface area contributed by atoms with Crippen LogP contribution in [-0.2, 0) is 6.42 Å². The highest BCUT2D eigenvalue weighted by Gasteiger charge is 2.22. The number of nitro groups is 1. The van der Waals surface area contributed by atoms with E-state index in [2.05, 4.69) is 15.3 Å². The Kier molecular flexibility index (Phi) is 5.13. The molecule has 0 unspecified atom stereocenters. The van der Waals surface area contributed by atoms with E-state index in [0.717, 1.165) is 28.7 Å². The van der Waals surface area contributed by atoms with Crippen LogP contribution in [0.3, 0.4) is 0 Å². The summed E-state index contributed by atoms with van der Waals surface area (Å²) >= 11 is 0. The van der Waals surface area contributed by atoms with E-state index in [9.17, 15) is 20.0 Å². The lowest BCUT2D eigenvalue weighted by Gasteiger charge is -2.17. The van der Waals surface area contributed by atoms with Gasteiger partial charge in [0.15, 0.2) is 5.75 Å². The lowest BCUT2D eigenvalue weighted by Crippen LogP contribution is -2.30. The van der Waals surface area contributed by atoms with Gasteiger partial charge in [0.2, 0.25) is 0 Å². The van der Waals surface area contributed by atoms with E-state index in [1.54, 1.807) is 0 Å². The number of nitro benzene ring substituents is 1. The van der Waals surface area contributed by atoms with E-state index in [1.807, 2.05) is 54.6 Å². The van der Waals surface area contributed by atoms with Gasteiger partial charge in [-0.2, -0.15) is 0 Å². The van der Waals surface area contributed by atoms with Gasteiger partial charge < -0.3 is 15.4 Å². The van der Waals surface area contributed by atoms with Crippen molar-refractivity contribution in [3.05, 3.63) is 99.9 Å². The summed E-state index contributed by atoms with van der Waals surface area (Å²) in [6, 6.07) is 20.3. The molecule has 1 amide bonds. The molecule has 0 aliphatic rings. The Hall–Kier alpha value is -4.20. The van der Waals surface area contributed by atoms with E-state index < -0.39 is 28.3 Å². The van der Waals surface area contributed by atoms with Gasteiger partial charge in [0.1, 0.15) is 5.82 Å². The Bertz CT molecular complexity index is 1190. The number of H-pyrrole nitrogens is 1. The normalized spacial score (nSPS) is 11.9. The van der Waals surface area contributed by atoms with E-state index in [4.69, 9.17) is 0 Å². The lowest BCUT2D eigenvalue weighted by molar-refractivity contribution is -0.385. The highest BCUT2D eigenvalue weighted by molar-refractivity contribution is 5.95. The molecule has 0 saturated heterocycles. The Morgan fingerprint density at radius 2 is 1.83 bits per heavy atom. The number of carbonyl (C=O) groups is 1. The van der Waals surface area contributed by atoms with Crippen LogP contribution in [0, 0.1) is 10.1 Å². The number of amides is 1. The molecule has 150 valence electrons. The highest BCUT2D eigenvalue weighted by Crippen LogP contribution is 2.27. The summed E-state index contributed by atoms with van der Waals surface area (Å²) in [6.07, 6.45) is 0.491. The number of imidazole rings is 1. The quantitative estimate of drug-likeness (QED) is 0.334. The van der Waals surface area contributed by atoms with Gasteiger partial charge in [0.25, 0.3) is 5.91 Å². The Morgan fingerprint density at radius 1 is 1.10 bits per heavy atom. The number of aromatic nitrogens is 2. The average Bonchev–Trinajstić information content (AvgIpc) is 3.18. The van der Waals surface area contributed by atoms with E-state index in [1.165, 1.54) is 6.07 Å². The molecule has 0 aliphatic heterocycles. The third-order valence-electron chi connectivity index (χ3n) is 4.76. The minimum atomic E-state index is -0.705. The Labute approximate surface area is 171 Å². The third-order valence-corrected chi connectivity index (χ3v) is 4.76. The zero-order chi connectivity index (χ0) is 21.1. The zero-order valence-corrected chi connectivity index (χ0v) is 15.8. The second kappa shape index (κ2) is 8.04. The molecule has 3 N–H and O–H groups in total. The first-order valence-corrected chi connectivity index (χ1v) is 9.28. The van der Waals surface area contributed by atoms with Crippen molar-refractivity contribution < 1.29 is 14.8 Å². The van der Waals surface area contributed by atoms with Gasteiger partial charge in [0.05, 0.1) is 22.0 Å². The monoisotopic (exact) mass is 402 g/mol. The van der Waals surface area contributed by atoms with Crippen LogP contribution >= 0.6 is 0 Å². The molecule has 0 spiro atoms. The molecule has 0 bridgehead atoms. The fourth-order valence-corrected chi connectivity index (χ4v) is 3.26. The molecule has 1 heterocycles. The number of nitrogens with zero attached hydrogens (tertiary/aromatic N) is 2. The fourth-order valence-electron chi connectivity index (χ4n) is 3.26. The van der Waals surface area contributed by atoms with Crippen LogP contribution in [0.25, 0.3) is 11.0 Å². The molecule has 4 rings (SSSR count). The van der Waals surface area contributed by atoms with Crippen LogP contribution in [0.1, 0.15) is 27.8 Å². The molecule has 0 fully saturated rings. The predicted octanol–water partition coefficient (Wildman–Crippen LogP) is 3.89. The van der Waals surface area contributed by atoms with Crippen molar-refractivity contribution >= 4 is 22.6 Å². The first-order chi connectivity index (χ1) is 14.5. The predicted molar refractivity (Wildman–Crippen MR) is 111 cm³/mol. The number of rotatable bonds is 6. The number of nitrogens with one attached hydrogen (secondary N) is 2. The molecular weight excluding hydrogens is 384 g/mol. The average molecular weight is 402 g/mol. The van der Waals surface area contributed by atoms with Crippen molar-refractivity contribution in [1.29, 1.82) is 0 Å². The fraction of sp³-hybridized carbons (Fsp3) is 0.0909. The van der Waals surface area contributed by atoms with Gasteiger partial charge in [-0.15, -0.1) is 0 Å². The molecule has 3 aromatic carbocycles. The molecule has 1 atom stereocenters. The van der Waals surface area contributed by atoms with Gasteiger partial charge in [0, 0.05) is 11.6 Å². The minimum absolute atomic E-state index is 0.118. The summed E-state index contributed by atoms with van der Waals surface area (Å²) in [7, 11) is 0. The standard InChI is InChI=1S/C22H18N4O4/c27-20-13-15(10-11-19(20)26(29)30)22(28)25-18(12-14-6-2-1-3-7-14)21-23-16-8-4-5-9-17(16)24-21/h1-11,13,18,27H,12H2,(H,23,24)(H,25,28)/t18-/m0/s1. The SMILES string of the molecule is O=C(N[C@@H](Cc1ccccc1)c1nc2ccccc2[nH]1)c1ccc([N+](=O)[O-])c(O)c1. The van der Waals surface area contributed by atoms with Crippen molar-refractivity contribution in [1.82, 2.24) is 15.3 Å². The maximum atomic E-state index is 12.8. The van der Waals surface area contributed by atoms with Gasteiger partial charge in [-0.3, -0.25) is 14.9 Å². The first-order valence-electron chi connectivity index (χ1n) is 9.28. The molecule has 0 saturated carbocycles. The summed E-state index contributed by atoms with van der Waals surface area (Å²) in [5.74, 6) is -0.433. The van der Waals surface area contributed by atoms with Crippen molar-refractivity contribution in [3.63, 3.8) is 0 Å². The Morgan fingerprint density at radius 3 is 2.53 bits per heavy atom. The maximum absolute atomic E-state index is 12.8. The number of aromatic amines is 1. The first kappa shape index (κ1) is 19.1. The van der Waals surface area contributed by atoms with Crippen LogP contribution in [-0.4, -0.2) is 25.9 Å². The molecule has 8 nitrogen and oxygen atoms in total. The van der Waals surface area contributed by atoms with Crippen LogP contribution in [0.2, 0.25) is 0 Å². The molecule has 8 heteroatoms. The van der Waals surface area contributed by atoms with Crippen LogP contribution in [0.15, 0.2) is 72.8 Å². The number of fused-ring (bicyclic) bond motifs is 1. The number of phenolic OH excluding ortho intramolecular Hbond substituents is 1. The molecule has 0 radical (unpaired) electrons. The number of carbonyl (C=O) groups excluding carboxylic acids is 1. The molecule has 0 aliphatic carbocycles. The van der Waals surface area contributed by atoms with Gasteiger partial charge in [-0.1, -0.05) is 42.5 Å². The van der Waals surface area contributed by atoms with Crippen molar-refractivity contribution in [2.75, 3.05) is 0 Å². The second-order valence-corrected chi connectivity index (χ2v) is 6.82. The summed E-state index contributed by atoms with van der Waals surface area (Å²) in [6.45, 7) is 0. The molecule has 1 aromatic heterocycles. The molecule has 4 aromatic rings. The summed E-state index contributed by atoms with van der Waals surface area (Å²) in [5, 5.41) is 23.7. The number of aromatic hydroxyl groups is 1. The number of hydrogen-bond donors (Lipinski definition) is 3. The number of para-hydroxylation sites is 2. The summed E-state index contributed by atoms with van der Waals surface area (Å²) < 4.78 is 0. The lowest BCUT2D eigenvalue weighted by atomic mass is 10.0. The van der Waals surface area contributed by atoms with Crippen molar-refractivity contribution in [2.45, 2.75) is 12.5 Å². The van der Waals surface area contributed by atoms with Gasteiger partial charge in [-0.05, 0) is 36.2 Å². The van der Waals surface area contributed by atoms with E-state index in [0.29, 0.717) is 12.2 Å². The zero-order valence-electron chi connectivity index (χ0n) is 15.8. The second-order valence-electron chi connectivity index (χ2n) is 6.82. The van der Waals surface area contributed by atoms with E-state index in [-0.39, 0.29) is 5.56 Å². The van der Waals surface area contributed by atoms with Crippen LogP contribution in [0.4, 0.5) is 5.69 Å². The third kappa shape index (κ3) is 3.97. The topological polar surface area (TPSA) is 121 Å². The number of benzene rings is 3. The van der Waals surface area contributed by atoms with Crippen LogP contribution < -0.4 is 5.32 Å². The van der Waals surface area contributed by atoms with E-state index >= 15 is 0 Å². The minimum Gasteiger partial charge on any atom is -0.502 e. The molecule has 30 heavy (non-hydrogen) atoms. The van der Waals surface area contributed by atoms with Crippen molar-refractivity contribution in [3.8, 4) is 5.75 Å². The summed E-state index contributed by atoms with van der Waals surface area (Å²) in [5.41, 5.74) is 2.31. The van der Waals surface area contributed by atoms with Gasteiger partial charge >= 0.3 is 5.69 Å². The Balaban J connectivity index is 1.64. The maximum Gasteiger partial charge on any atom is 0.310 e. The highest BCUT2D eigenvalue weighted by atomic mass is 16.6. The van der Waals surface area contributed by atoms with Gasteiger partial charge in [-0.25, -0.2) is 4.98 Å². The number of hydrogen-bond acceptors (Lipinski definition) is 5. The molecular formula is C22H18N4O4. The van der Waals surface area contributed by atoms with Crippen LogP contribution in [0.5, 0.6) is 5.75 Å². The number of phenols is 1.